The largest absolute Gasteiger partial charge is 0.370 e. The maximum atomic E-state index is 14.4. The Morgan fingerprint density at radius 2 is 1.87 bits per heavy atom. The van der Waals surface area contributed by atoms with E-state index < -0.39 is 17.6 Å². The van der Waals surface area contributed by atoms with Gasteiger partial charge >= 0.3 is 0 Å². The van der Waals surface area contributed by atoms with Crippen LogP contribution in [0.3, 0.4) is 0 Å². The summed E-state index contributed by atoms with van der Waals surface area (Å²) >= 11 is 0. The summed E-state index contributed by atoms with van der Waals surface area (Å²) in [7, 11) is 0. The quantitative estimate of drug-likeness (QED) is 0.845. The van der Waals surface area contributed by atoms with Crippen molar-refractivity contribution in [3.8, 4) is 0 Å². The van der Waals surface area contributed by atoms with Crippen LogP contribution in [-0.2, 0) is 4.79 Å². The van der Waals surface area contributed by atoms with Crippen molar-refractivity contribution in [1.29, 1.82) is 0 Å². The maximum absolute atomic E-state index is 14.4. The number of nitrogens with one attached hydrogen (secondary N) is 1. The molecule has 2 heterocycles. The van der Waals surface area contributed by atoms with Gasteiger partial charge in [0, 0.05) is 35.7 Å². The number of nitrogens with zero attached hydrogens (tertiary/aromatic N) is 1. The van der Waals surface area contributed by atoms with Gasteiger partial charge in [-0.1, -0.05) is 13.3 Å². The Balaban J connectivity index is 1.77. The van der Waals surface area contributed by atoms with Crippen molar-refractivity contribution in [2.75, 3.05) is 31.1 Å². The number of anilines is 1. The first-order chi connectivity index (χ1) is 11.1. The fourth-order valence-corrected chi connectivity index (χ4v) is 3.92. The molecule has 0 aliphatic carbocycles. The van der Waals surface area contributed by atoms with Crippen LogP contribution in [0.5, 0.6) is 0 Å². The lowest BCUT2D eigenvalue weighted by atomic mass is 9.72. The molecule has 3 nitrogen and oxygen atoms in total. The van der Waals surface area contributed by atoms with Crippen LogP contribution in [0.4, 0.5) is 14.5 Å². The first-order valence-electron chi connectivity index (χ1n) is 8.48. The fourth-order valence-electron chi connectivity index (χ4n) is 3.92. The molecule has 23 heavy (non-hydrogen) atoms. The summed E-state index contributed by atoms with van der Waals surface area (Å²) in [5.41, 5.74) is 0.821. The highest BCUT2D eigenvalue weighted by atomic mass is 19.1. The van der Waals surface area contributed by atoms with Crippen molar-refractivity contribution >= 4 is 12.0 Å². The van der Waals surface area contributed by atoms with Crippen molar-refractivity contribution < 1.29 is 13.6 Å². The van der Waals surface area contributed by atoms with Crippen molar-refractivity contribution in [2.24, 2.45) is 5.41 Å². The van der Waals surface area contributed by atoms with Crippen LogP contribution in [-0.4, -0.2) is 32.5 Å². The average Bonchev–Trinajstić information content (AvgIpc) is 2.51. The summed E-state index contributed by atoms with van der Waals surface area (Å²) in [5.74, 6) is -1.89. The Kier molecular flexibility index (Phi) is 4.67. The maximum Gasteiger partial charge on any atom is 0.132 e. The van der Waals surface area contributed by atoms with Gasteiger partial charge in [0.1, 0.15) is 17.9 Å². The Hall–Kier alpha value is -1.49. The molecule has 0 aromatic heterocycles. The zero-order chi connectivity index (χ0) is 16.4. The molecule has 0 amide bonds. The summed E-state index contributed by atoms with van der Waals surface area (Å²) in [4.78, 5) is 13.2. The summed E-state index contributed by atoms with van der Waals surface area (Å²) in [6, 6.07) is 2.77. The van der Waals surface area contributed by atoms with Crippen LogP contribution in [0.1, 0.15) is 44.1 Å². The molecule has 1 N–H and O–H groups in total. The van der Waals surface area contributed by atoms with E-state index in [1.165, 1.54) is 12.1 Å². The smallest absolute Gasteiger partial charge is 0.132 e. The highest BCUT2D eigenvalue weighted by Gasteiger charge is 2.43. The van der Waals surface area contributed by atoms with Crippen LogP contribution in [0.15, 0.2) is 12.1 Å². The SMILES string of the molecule is CCCC(C=O)c1c(F)cc(N2CC3(CCNCC3)C2)cc1F. The highest BCUT2D eigenvalue weighted by Crippen LogP contribution is 2.42. The number of aldehydes is 1. The Morgan fingerprint density at radius 1 is 1.26 bits per heavy atom. The second-order valence-electron chi connectivity index (χ2n) is 6.96. The molecule has 0 radical (unpaired) electrons. The predicted octanol–water partition coefficient (Wildman–Crippen LogP) is 3.24. The molecule has 0 bridgehead atoms. The first kappa shape index (κ1) is 16.4. The molecule has 2 aliphatic heterocycles. The number of carbonyl (C=O) groups excluding carboxylic acids is 1. The van der Waals surface area contributed by atoms with Gasteiger partial charge in [-0.3, -0.25) is 0 Å². The van der Waals surface area contributed by atoms with Crippen LogP contribution >= 0.6 is 0 Å². The molecule has 2 fully saturated rings. The number of halogens is 2. The third-order valence-electron chi connectivity index (χ3n) is 5.28. The molecule has 126 valence electrons. The Bertz CT molecular complexity index is 553. The van der Waals surface area contributed by atoms with Crippen LogP contribution < -0.4 is 10.2 Å². The lowest BCUT2D eigenvalue weighted by Gasteiger charge is -2.53. The molecule has 2 saturated heterocycles. The minimum Gasteiger partial charge on any atom is -0.370 e. The third-order valence-corrected chi connectivity index (χ3v) is 5.28. The van der Waals surface area contributed by atoms with Crippen LogP contribution in [0.25, 0.3) is 0 Å². The second kappa shape index (κ2) is 6.56. The minimum atomic E-state index is -0.693. The molecule has 3 rings (SSSR count). The van der Waals surface area contributed by atoms with E-state index in [1.807, 2.05) is 11.8 Å². The average molecular weight is 322 g/mol. The predicted molar refractivity (Wildman–Crippen MR) is 86.8 cm³/mol. The van der Waals surface area contributed by atoms with Gasteiger partial charge in [-0.15, -0.1) is 0 Å². The molecule has 2 aliphatic rings. The van der Waals surface area contributed by atoms with Crippen LogP contribution in [0.2, 0.25) is 0 Å². The summed E-state index contributed by atoms with van der Waals surface area (Å²) in [5, 5.41) is 3.35. The van der Waals surface area contributed by atoms with Gasteiger partial charge in [0.15, 0.2) is 0 Å². The minimum absolute atomic E-state index is 0.0808. The number of piperidine rings is 1. The van der Waals surface area contributed by atoms with Crippen molar-refractivity contribution in [2.45, 2.75) is 38.5 Å². The summed E-state index contributed by atoms with van der Waals surface area (Å²) < 4.78 is 28.8. The van der Waals surface area contributed by atoms with Gasteiger partial charge in [-0.25, -0.2) is 8.78 Å². The molecular weight excluding hydrogens is 298 g/mol. The van der Waals surface area contributed by atoms with Crippen molar-refractivity contribution in [3.63, 3.8) is 0 Å². The number of hydrogen-bond acceptors (Lipinski definition) is 3. The van der Waals surface area contributed by atoms with E-state index in [9.17, 15) is 13.6 Å². The summed E-state index contributed by atoms with van der Waals surface area (Å²) in [6.45, 7) is 5.66. The molecule has 1 spiro atoms. The van der Waals surface area contributed by atoms with Gasteiger partial charge < -0.3 is 15.0 Å². The van der Waals surface area contributed by atoms with E-state index in [0.717, 1.165) is 39.0 Å². The summed E-state index contributed by atoms with van der Waals surface area (Å²) in [6.07, 6.45) is 4.08. The second-order valence-corrected chi connectivity index (χ2v) is 6.96. The number of rotatable bonds is 5. The van der Waals surface area contributed by atoms with E-state index in [2.05, 4.69) is 5.32 Å². The molecular formula is C18H24F2N2O. The highest BCUT2D eigenvalue weighted by molar-refractivity contribution is 5.64. The molecule has 5 heteroatoms. The molecule has 1 unspecified atom stereocenters. The monoisotopic (exact) mass is 322 g/mol. The van der Waals surface area contributed by atoms with Gasteiger partial charge in [0.2, 0.25) is 0 Å². The first-order valence-corrected chi connectivity index (χ1v) is 8.48. The number of hydrogen-bond donors (Lipinski definition) is 1. The van der Waals surface area contributed by atoms with Gasteiger partial charge in [-0.2, -0.15) is 0 Å². The van der Waals surface area contributed by atoms with Gasteiger partial charge in [0.25, 0.3) is 0 Å². The van der Waals surface area contributed by atoms with Crippen molar-refractivity contribution in [3.05, 3.63) is 29.3 Å². The lowest BCUT2D eigenvalue weighted by molar-refractivity contribution is -0.109. The molecule has 1 aromatic carbocycles. The zero-order valence-electron chi connectivity index (χ0n) is 13.6. The lowest BCUT2D eigenvalue weighted by Crippen LogP contribution is -2.60. The standard InChI is InChI=1S/C18H24F2N2O/c1-2-3-13(10-23)17-15(19)8-14(9-16(17)20)22-11-18(12-22)4-6-21-7-5-18/h8-10,13,21H,2-7,11-12H2,1H3. The van der Waals surface area contributed by atoms with Crippen LogP contribution in [0, 0.1) is 17.0 Å². The van der Waals surface area contributed by atoms with E-state index in [0.29, 0.717) is 30.2 Å². The zero-order valence-corrected chi connectivity index (χ0v) is 13.6. The molecule has 0 saturated carbocycles. The van der Waals surface area contributed by atoms with Gasteiger partial charge in [-0.05, 0) is 44.5 Å². The van der Waals surface area contributed by atoms with E-state index in [4.69, 9.17) is 0 Å². The van der Waals surface area contributed by atoms with E-state index in [-0.39, 0.29) is 5.56 Å². The Labute approximate surface area is 136 Å². The van der Waals surface area contributed by atoms with Crippen molar-refractivity contribution in [1.82, 2.24) is 5.32 Å². The topological polar surface area (TPSA) is 32.3 Å². The third kappa shape index (κ3) is 3.11. The molecule has 1 aromatic rings. The van der Waals surface area contributed by atoms with E-state index >= 15 is 0 Å². The Morgan fingerprint density at radius 3 is 2.39 bits per heavy atom. The van der Waals surface area contributed by atoms with E-state index in [1.54, 1.807) is 0 Å². The normalized spacial score (nSPS) is 21.1. The number of carbonyl (C=O) groups is 1. The number of benzene rings is 1. The fraction of sp³-hybridized carbons (Fsp3) is 0.611. The van der Waals surface area contributed by atoms with Gasteiger partial charge in [0.05, 0.1) is 0 Å². The molecule has 1 atom stereocenters.